The molecule has 0 saturated carbocycles. The highest BCUT2D eigenvalue weighted by molar-refractivity contribution is 5.83. The third kappa shape index (κ3) is 3.96. The minimum Gasteiger partial charge on any atom is -0.474 e. The summed E-state index contributed by atoms with van der Waals surface area (Å²) in [6.07, 6.45) is 0.531. The van der Waals surface area contributed by atoms with Crippen molar-refractivity contribution in [3.8, 4) is 16.9 Å². The van der Waals surface area contributed by atoms with E-state index in [1.165, 1.54) is 6.26 Å². The molecule has 1 unspecified atom stereocenters. The average molecular weight is 400 g/mol. The molecular weight excluding hydrogens is 380 g/mol. The van der Waals surface area contributed by atoms with E-state index in [9.17, 15) is 9.59 Å². The van der Waals surface area contributed by atoms with Crippen molar-refractivity contribution in [1.82, 2.24) is 0 Å². The second-order valence-electron chi connectivity index (χ2n) is 6.66. The fraction of sp³-hybridized carbons (Fsp3) is 0.120. The maximum absolute atomic E-state index is 12.9. The van der Waals surface area contributed by atoms with Gasteiger partial charge in [-0.1, -0.05) is 60.7 Å². The van der Waals surface area contributed by atoms with Crippen molar-refractivity contribution in [3.05, 3.63) is 101 Å². The zero-order valence-corrected chi connectivity index (χ0v) is 16.4. The van der Waals surface area contributed by atoms with Crippen molar-refractivity contribution in [2.45, 2.75) is 13.0 Å². The van der Waals surface area contributed by atoms with Crippen molar-refractivity contribution < 1.29 is 18.7 Å². The van der Waals surface area contributed by atoms with Crippen LogP contribution in [0.5, 0.6) is 5.75 Å². The molecule has 0 aliphatic rings. The molecule has 0 aliphatic carbocycles. The molecule has 1 aromatic heterocycles. The first kappa shape index (κ1) is 19.5. The van der Waals surface area contributed by atoms with E-state index in [1.807, 2.05) is 48.5 Å². The van der Waals surface area contributed by atoms with E-state index >= 15 is 0 Å². The molecule has 0 N–H and O–H groups in total. The van der Waals surface area contributed by atoms with Crippen LogP contribution in [0.3, 0.4) is 0 Å². The summed E-state index contributed by atoms with van der Waals surface area (Å²) in [4.78, 5) is 25.3. The van der Waals surface area contributed by atoms with E-state index in [-0.39, 0.29) is 12.0 Å². The molecule has 1 heterocycles. The maximum atomic E-state index is 12.9. The summed E-state index contributed by atoms with van der Waals surface area (Å²) in [5.41, 5.74) is 2.22. The van der Waals surface area contributed by atoms with Crippen LogP contribution in [-0.2, 0) is 9.53 Å². The van der Waals surface area contributed by atoms with E-state index in [0.29, 0.717) is 27.8 Å². The van der Waals surface area contributed by atoms with Gasteiger partial charge in [0.2, 0.25) is 6.10 Å². The summed E-state index contributed by atoms with van der Waals surface area (Å²) in [5, 5.41) is 0.441. The lowest BCUT2D eigenvalue weighted by Crippen LogP contribution is -2.21. The topological polar surface area (TPSA) is 65.7 Å². The van der Waals surface area contributed by atoms with Crippen LogP contribution >= 0.6 is 0 Å². The van der Waals surface area contributed by atoms with Gasteiger partial charge in [0, 0.05) is 11.6 Å². The summed E-state index contributed by atoms with van der Waals surface area (Å²) in [5.74, 6) is -0.0790. The van der Waals surface area contributed by atoms with Gasteiger partial charge in [-0.05, 0) is 24.6 Å². The fourth-order valence-corrected chi connectivity index (χ4v) is 3.23. The molecule has 0 amide bonds. The largest absolute Gasteiger partial charge is 0.474 e. The summed E-state index contributed by atoms with van der Waals surface area (Å²) >= 11 is 0. The summed E-state index contributed by atoms with van der Waals surface area (Å²) < 4.78 is 16.8. The molecule has 4 rings (SSSR count). The second-order valence-corrected chi connectivity index (χ2v) is 6.66. The van der Waals surface area contributed by atoms with E-state index in [2.05, 4.69) is 0 Å². The van der Waals surface area contributed by atoms with Gasteiger partial charge in [0.25, 0.3) is 0 Å². The molecule has 0 saturated heterocycles. The second kappa shape index (κ2) is 8.66. The lowest BCUT2D eigenvalue weighted by molar-refractivity contribution is -0.151. The number of rotatable bonds is 6. The monoisotopic (exact) mass is 400 g/mol. The molecule has 0 aliphatic heterocycles. The highest BCUT2D eigenvalue weighted by Crippen LogP contribution is 2.27. The molecule has 5 heteroatoms. The van der Waals surface area contributed by atoms with Crippen molar-refractivity contribution in [3.63, 3.8) is 0 Å². The number of hydrogen-bond donors (Lipinski definition) is 0. The van der Waals surface area contributed by atoms with Gasteiger partial charge in [-0.15, -0.1) is 0 Å². The van der Waals surface area contributed by atoms with Crippen LogP contribution in [0.2, 0.25) is 0 Å². The van der Waals surface area contributed by atoms with Crippen LogP contribution in [-0.4, -0.2) is 12.6 Å². The Balaban J connectivity index is 1.69. The smallest absolute Gasteiger partial charge is 0.352 e. The molecule has 0 bridgehead atoms. The summed E-state index contributed by atoms with van der Waals surface area (Å²) in [6, 6.07) is 23.4. The zero-order chi connectivity index (χ0) is 20.9. The van der Waals surface area contributed by atoms with Crippen LogP contribution in [0, 0.1) is 0 Å². The number of carbonyl (C=O) groups is 1. The Morgan fingerprint density at radius 2 is 1.67 bits per heavy atom. The van der Waals surface area contributed by atoms with E-state index in [1.54, 1.807) is 37.3 Å². The standard InChI is InChI=1S/C25H20O5/c1-2-28-25(27)24(18-11-7-4-8-12-18)30-19-13-14-20-22(15-19)29-16-21(23(20)26)17-9-5-3-6-10-17/h3-16,24H,2H2,1H3. The van der Waals surface area contributed by atoms with Crippen LogP contribution < -0.4 is 10.2 Å². The van der Waals surface area contributed by atoms with Crippen molar-refractivity contribution in [1.29, 1.82) is 0 Å². The lowest BCUT2D eigenvalue weighted by Gasteiger charge is -2.18. The fourth-order valence-electron chi connectivity index (χ4n) is 3.23. The van der Waals surface area contributed by atoms with Gasteiger partial charge in [0.05, 0.1) is 17.6 Å². The van der Waals surface area contributed by atoms with Gasteiger partial charge in [-0.3, -0.25) is 4.79 Å². The Labute approximate surface area is 173 Å². The Bertz CT molecular complexity index is 1210. The van der Waals surface area contributed by atoms with Gasteiger partial charge < -0.3 is 13.9 Å². The Kier molecular flexibility index (Phi) is 5.61. The van der Waals surface area contributed by atoms with Crippen molar-refractivity contribution in [2.24, 2.45) is 0 Å². The average Bonchev–Trinajstić information content (AvgIpc) is 2.79. The number of benzene rings is 3. The van der Waals surface area contributed by atoms with Crippen LogP contribution in [0.25, 0.3) is 22.1 Å². The van der Waals surface area contributed by atoms with Gasteiger partial charge in [0.15, 0.2) is 5.43 Å². The molecule has 150 valence electrons. The van der Waals surface area contributed by atoms with E-state index in [4.69, 9.17) is 13.9 Å². The first-order valence-electron chi connectivity index (χ1n) is 9.66. The van der Waals surface area contributed by atoms with Crippen LogP contribution in [0.1, 0.15) is 18.6 Å². The quantitative estimate of drug-likeness (QED) is 0.419. The van der Waals surface area contributed by atoms with Gasteiger partial charge >= 0.3 is 5.97 Å². The molecule has 3 aromatic carbocycles. The number of hydrogen-bond acceptors (Lipinski definition) is 5. The first-order valence-corrected chi connectivity index (χ1v) is 9.66. The first-order chi connectivity index (χ1) is 14.7. The van der Waals surface area contributed by atoms with E-state index < -0.39 is 12.1 Å². The minimum absolute atomic E-state index is 0.126. The molecular formula is C25H20O5. The predicted octanol–water partition coefficient (Wildman–Crippen LogP) is 5.14. The molecule has 0 radical (unpaired) electrons. The molecule has 30 heavy (non-hydrogen) atoms. The van der Waals surface area contributed by atoms with Crippen molar-refractivity contribution in [2.75, 3.05) is 6.61 Å². The third-order valence-electron chi connectivity index (χ3n) is 4.69. The Morgan fingerprint density at radius 3 is 2.37 bits per heavy atom. The highest BCUT2D eigenvalue weighted by Gasteiger charge is 2.24. The molecule has 0 fully saturated rings. The minimum atomic E-state index is -0.918. The zero-order valence-electron chi connectivity index (χ0n) is 16.4. The molecule has 1 atom stereocenters. The predicted molar refractivity (Wildman–Crippen MR) is 114 cm³/mol. The van der Waals surface area contributed by atoms with Crippen LogP contribution in [0.4, 0.5) is 0 Å². The van der Waals surface area contributed by atoms with Gasteiger partial charge in [-0.25, -0.2) is 4.79 Å². The van der Waals surface area contributed by atoms with Crippen LogP contribution in [0.15, 0.2) is 94.3 Å². The number of carbonyl (C=O) groups excluding carboxylic acids is 1. The number of ether oxygens (including phenoxy) is 2. The molecule has 4 aromatic rings. The van der Waals surface area contributed by atoms with Gasteiger partial charge in [0.1, 0.15) is 17.6 Å². The lowest BCUT2D eigenvalue weighted by atomic mass is 10.1. The summed E-state index contributed by atoms with van der Waals surface area (Å²) in [6.45, 7) is 2.00. The van der Waals surface area contributed by atoms with Crippen molar-refractivity contribution >= 4 is 16.9 Å². The normalized spacial score (nSPS) is 11.8. The molecule has 0 spiro atoms. The number of fused-ring (bicyclic) bond motifs is 1. The Hall–Kier alpha value is -3.86. The summed E-state index contributed by atoms with van der Waals surface area (Å²) in [7, 11) is 0. The number of esters is 1. The maximum Gasteiger partial charge on any atom is 0.352 e. The Morgan fingerprint density at radius 1 is 0.967 bits per heavy atom. The highest BCUT2D eigenvalue weighted by atomic mass is 16.6. The van der Waals surface area contributed by atoms with E-state index in [0.717, 1.165) is 5.56 Å². The third-order valence-corrected chi connectivity index (χ3v) is 4.69. The molecule has 5 nitrogen and oxygen atoms in total. The van der Waals surface area contributed by atoms with Gasteiger partial charge in [-0.2, -0.15) is 0 Å². The SMILES string of the molecule is CCOC(=O)C(Oc1ccc2c(=O)c(-c3ccccc3)coc2c1)c1ccccc1.